The minimum atomic E-state index is -0.0391. The standard InChI is InChI=1S/C24H25Cl2NO/c1-2-4-18-14-21(17-5-3-6-20(26)13-17)23(27-24(18)28)22(15-7-8-15)16-9-11-19(25)12-10-16/h2-3,5-6,9-13,15,18,21-23H,1,4,7-8,14H2,(H,27,28)/t18-,21+,22?,23-/m0/s1. The average Bonchev–Trinajstić information content (AvgIpc) is 3.51. The Balaban J connectivity index is 1.73. The maximum Gasteiger partial charge on any atom is 0.223 e. The molecule has 1 heterocycles. The first-order chi connectivity index (χ1) is 13.6. The zero-order chi connectivity index (χ0) is 19.7. The van der Waals surface area contributed by atoms with Gasteiger partial charge in [-0.15, -0.1) is 6.58 Å². The SMILES string of the molecule is C=CC[C@H]1C[C@H](c2cccc(Cl)c2)[C@@H](C(c2ccc(Cl)cc2)C2CC2)NC1=O. The highest BCUT2D eigenvalue weighted by molar-refractivity contribution is 6.30. The zero-order valence-corrected chi connectivity index (χ0v) is 17.3. The minimum Gasteiger partial charge on any atom is -0.352 e. The van der Waals surface area contributed by atoms with Gasteiger partial charge in [0.1, 0.15) is 0 Å². The molecule has 1 aliphatic heterocycles. The maximum atomic E-state index is 12.9. The van der Waals surface area contributed by atoms with E-state index in [2.05, 4.69) is 30.1 Å². The second kappa shape index (κ2) is 8.31. The summed E-state index contributed by atoms with van der Waals surface area (Å²) in [4.78, 5) is 12.9. The number of rotatable bonds is 6. The molecule has 2 aromatic rings. The van der Waals surface area contributed by atoms with Gasteiger partial charge in [-0.1, -0.05) is 53.5 Å². The first-order valence-electron chi connectivity index (χ1n) is 9.99. The van der Waals surface area contributed by atoms with Crippen LogP contribution in [0.5, 0.6) is 0 Å². The number of carbonyl (C=O) groups excluding carboxylic acids is 1. The van der Waals surface area contributed by atoms with Gasteiger partial charge >= 0.3 is 0 Å². The van der Waals surface area contributed by atoms with Crippen LogP contribution in [0.1, 0.15) is 48.6 Å². The van der Waals surface area contributed by atoms with E-state index in [-0.39, 0.29) is 29.7 Å². The number of amides is 1. The fourth-order valence-corrected chi connectivity index (χ4v) is 5.01. The minimum absolute atomic E-state index is 0.0391. The van der Waals surface area contributed by atoms with Gasteiger partial charge in [-0.05, 0) is 67.0 Å². The summed E-state index contributed by atoms with van der Waals surface area (Å²) in [5, 5.41) is 4.87. The Kier molecular flexibility index (Phi) is 5.80. The second-order valence-electron chi connectivity index (χ2n) is 8.07. The normalized spacial score (nSPS) is 25.8. The van der Waals surface area contributed by atoms with Crippen molar-refractivity contribution in [2.24, 2.45) is 11.8 Å². The summed E-state index contributed by atoms with van der Waals surface area (Å²) < 4.78 is 0. The lowest BCUT2D eigenvalue weighted by atomic mass is 9.71. The third kappa shape index (κ3) is 4.14. The molecule has 28 heavy (non-hydrogen) atoms. The van der Waals surface area contributed by atoms with Crippen LogP contribution in [0.15, 0.2) is 61.2 Å². The molecule has 2 nitrogen and oxygen atoms in total. The molecule has 1 amide bonds. The van der Waals surface area contributed by atoms with E-state index in [1.807, 2.05) is 36.4 Å². The number of allylic oxidation sites excluding steroid dienone is 1. The van der Waals surface area contributed by atoms with Crippen LogP contribution in [0.25, 0.3) is 0 Å². The molecule has 1 N–H and O–H groups in total. The molecule has 0 spiro atoms. The zero-order valence-electron chi connectivity index (χ0n) is 15.8. The van der Waals surface area contributed by atoms with Gasteiger partial charge in [0.25, 0.3) is 0 Å². The molecular weight excluding hydrogens is 389 g/mol. The van der Waals surface area contributed by atoms with Crippen molar-refractivity contribution < 1.29 is 4.79 Å². The van der Waals surface area contributed by atoms with E-state index in [9.17, 15) is 4.79 Å². The van der Waals surface area contributed by atoms with Gasteiger partial charge in [0, 0.05) is 33.8 Å². The van der Waals surface area contributed by atoms with Crippen molar-refractivity contribution in [1.82, 2.24) is 5.32 Å². The van der Waals surface area contributed by atoms with Gasteiger partial charge in [-0.3, -0.25) is 4.79 Å². The predicted octanol–water partition coefficient (Wildman–Crippen LogP) is 6.35. The van der Waals surface area contributed by atoms with E-state index in [4.69, 9.17) is 23.2 Å². The summed E-state index contributed by atoms with van der Waals surface area (Å²) in [6.45, 7) is 3.84. The van der Waals surface area contributed by atoms with Crippen molar-refractivity contribution in [1.29, 1.82) is 0 Å². The Labute approximate surface area is 176 Å². The van der Waals surface area contributed by atoms with Crippen molar-refractivity contribution in [3.05, 3.63) is 82.4 Å². The van der Waals surface area contributed by atoms with Crippen LogP contribution in [-0.4, -0.2) is 11.9 Å². The van der Waals surface area contributed by atoms with E-state index in [0.717, 1.165) is 16.5 Å². The van der Waals surface area contributed by atoms with E-state index < -0.39 is 0 Å². The van der Waals surface area contributed by atoms with Crippen LogP contribution in [-0.2, 0) is 4.79 Å². The highest BCUT2D eigenvalue weighted by atomic mass is 35.5. The molecular formula is C24H25Cl2NO. The average molecular weight is 414 g/mol. The molecule has 4 heteroatoms. The quantitative estimate of drug-likeness (QED) is 0.548. The largest absolute Gasteiger partial charge is 0.352 e. The summed E-state index contributed by atoms with van der Waals surface area (Å²) in [6.07, 6.45) is 5.78. The van der Waals surface area contributed by atoms with E-state index >= 15 is 0 Å². The van der Waals surface area contributed by atoms with Gasteiger partial charge in [-0.2, -0.15) is 0 Å². The number of nitrogens with one attached hydrogen (secondary N) is 1. The van der Waals surface area contributed by atoms with Gasteiger partial charge < -0.3 is 5.32 Å². The molecule has 2 fully saturated rings. The summed E-state index contributed by atoms with van der Waals surface area (Å²) in [5.41, 5.74) is 2.46. The summed E-state index contributed by atoms with van der Waals surface area (Å²) in [6, 6.07) is 16.3. The third-order valence-electron chi connectivity index (χ3n) is 6.15. The lowest BCUT2D eigenvalue weighted by Crippen LogP contribution is -2.51. The van der Waals surface area contributed by atoms with Gasteiger partial charge in [0.05, 0.1) is 0 Å². The third-order valence-corrected chi connectivity index (χ3v) is 6.64. The molecule has 2 aromatic carbocycles. The van der Waals surface area contributed by atoms with Gasteiger partial charge in [0.15, 0.2) is 0 Å². The Morgan fingerprint density at radius 3 is 2.50 bits per heavy atom. The number of hydrogen-bond donors (Lipinski definition) is 1. The molecule has 1 aliphatic carbocycles. The molecule has 4 rings (SSSR count). The Hall–Kier alpha value is -1.77. The number of hydrogen-bond acceptors (Lipinski definition) is 1. The second-order valence-corrected chi connectivity index (χ2v) is 8.94. The molecule has 1 unspecified atom stereocenters. The van der Waals surface area contributed by atoms with Gasteiger partial charge in [0.2, 0.25) is 5.91 Å². The Morgan fingerprint density at radius 1 is 1.11 bits per heavy atom. The smallest absolute Gasteiger partial charge is 0.223 e. The molecule has 1 saturated carbocycles. The summed E-state index contributed by atoms with van der Waals surface area (Å²) >= 11 is 12.4. The molecule has 2 aliphatic rings. The van der Waals surface area contributed by atoms with E-state index in [1.54, 1.807) is 0 Å². The highest BCUT2D eigenvalue weighted by Crippen LogP contribution is 2.50. The van der Waals surface area contributed by atoms with Crippen LogP contribution in [0.3, 0.4) is 0 Å². The number of carbonyl (C=O) groups is 1. The first-order valence-corrected chi connectivity index (χ1v) is 10.7. The number of halogens is 2. The molecule has 0 radical (unpaired) electrons. The lowest BCUT2D eigenvalue weighted by Gasteiger charge is -2.41. The van der Waals surface area contributed by atoms with Gasteiger partial charge in [-0.25, -0.2) is 0 Å². The van der Waals surface area contributed by atoms with Crippen molar-refractivity contribution in [3.8, 4) is 0 Å². The number of benzene rings is 2. The molecule has 0 bridgehead atoms. The Bertz CT molecular complexity index is 859. The van der Waals surface area contributed by atoms with Crippen LogP contribution in [0, 0.1) is 11.8 Å². The summed E-state index contributed by atoms with van der Waals surface area (Å²) in [7, 11) is 0. The Morgan fingerprint density at radius 2 is 1.86 bits per heavy atom. The number of piperidine rings is 1. The molecule has 0 aromatic heterocycles. The van der Waals surface area contributed by atoms with E-state index in [0.29, 0.717) is 12.3 Å². The van der Waals surface area contributed by atoms with Crippen LogP contribution < -0.4 is 5.32 Å². The fraction of sp³-hybridized carbons (Fsp3) is 0.375. The summed E-state index contributed by atoms with van der Waals surface area (Å²) in [5.74, 6) is 1.22. The molecule has 146 valence electrons. The highest BCUT2D eigenvalue weighted by Gasteiger charge is 2.45. The van der Waals surface area contributed by atoms with Crippen molar-refractivity contribution in [3.63, 3.8) is 0 Å². The van der Waals surface area contributed by atoms with Crippen molar-refractivity contribution >= 4 is 29.1 Å². The van der Waals surface area contributed by atoms with Crippen molar-refractivity contribution in [2.45, 2.75) is 43.6 Å². The van der Waals surface area contributed by atoms with Crippen LogP contribution in [0.2, 0.25) is 10.0 Å². The van der Waals surface area contributed by atoms with Crippen LogP contribution >= 0.6 is 23.2 Å². The van der Waals surface area contributed by atoms with Crippen molar-refractivity contribution in [2.75, 3.05) is 0 Å². The monoisotopic (exact) mass is 413 g/mol. The predicted molar refractivity (Wildman–Crippen MR) is 116 cm³/mol. The molecule has 4 atom stereocenters. The fourth-order valence-electron chi connectivity index (χ4n) is 4.68. The topological polar surface area (TPSA) is 29.1 Å². The van der Waals surface area contributed by atoms with E-state index in [1.165, 1.54) is 24.0 Å². The maximum absolute atomic E-state index is 12.9. The molecule has 1 saturated heterocycles. The van der Waals surface area contributed by atoms with Crippen LogP contribution in [0.4, 0.5) is 0 Å². The first kappa shape index (κ1) is 19.5. The lowest BCUT2D eigenvalue weighted by molar-refractivity contribution is -0.128.